The molecule has 0 rings (SSSR count). The minimum atomic E-state index is -4.32. The highest BCUT2D eigenvalue weighted by Gasteiger charge is 2.28. The van der Waals surface area contributed by atoms with Gasteiger partial charge in [-0.2, -0.15) is 0 Å². The van der Waals surface area contributed by atoms with Gasteiger partial charge in [0.1, 0.15) is 25.9 Å². The van der Waals surface area contributed by atoms with Gasteiger partial charge < -0.3 is 19.2 Å². The quantitative estimate of drug-likeness (QED) is 0.111. The second kappa shape index (κ2) is 18.0. The number of phosphoric ester groups is 1. The maximum absolute atomic E-state index is 12.0. The summed E-state index contributed by atoms with van der Waals surface area (Å²) in [6.45, 7) is 1.96. The number of quaternary nitrogens is 1. The lowest BCUT2D eigenvalue weighted by atomic mass is 10.1. The summed E-state index contributed by atoms with van der Waals surface area (Å²) >= 11 is 0. The summed E-state index contributed by atoms with van der Waals surface area (Å²) in [6.07, 6.45) is 12.4. The predicted octanol–water partition coefficient (Wildman–Crippen LogP) is 4.43. The molecule has 0 radical (unpaired) electrons. The van der Waals surface area contributed by atoms with Gasteiger partial charge in [0.2, 0.25) is 0 Å². The Bertz CT molecular complexity index is 497. The van der Waals surface area contributed by atoms with Crippen LogP contribution in [0.15, 0.2) is 0 Å². The maximum atomic E-state index is 12.0. The van der Waals surface area contributed by atoms with Crippen LogP contribution in [-0.2, 0) is 23.1 Å². The summed E-state index contributed by atoms with van der Waals surface area (Å²) < 4.78 is 27.4. The standard InChI is InChI=1S/C22H46NO7P/c1-5-6-7-8-9-10-11-12-13-14-15-16-22(25)28-20-21(19-24)30-31(26,27)29-18-17-23(2,3)4/h21,24H,5-20H2,1-4H3/p+1/t21-/m0/s1. The Balaban J connectivity index is 3.80. The number of ether oxygens (including phenoxy) is 1. The number of carbonyl (C=O) groups excluding carboxylic acids is 1. The van der Waals surface area contributed by atoms with E-state index in [0.717, 1.165) is 19.3 Å². The van der Waals surface area contributed by atoms with Crippen LogP contribution in [0.2, 0.25) is 0 Å². The van der Waals surface area contributed by atoms with Crippen LogP contribution in [0, 0.1) is 0 Å². The number of aliphatic hydroxyl groups is 1. The molecule has 8 nitrogen and oxygen atoms in total. The van der Waals surface area contributed by atoms with E-state index in [4.69, 9.17) is 13.8 Å². The predicted molar refractivity (Wildman–Crippen MR) is 123 cm³/mol. The first-order chi connectivity index (χ1) is 14.6. The number of hydrogen-bond acceptors (Lipinski definition) is 6. The van der Waals surface area contributed by atoms with Crippen molar-refractivity contribution in [2.24, 2.45) is 0 Å². The number of aliphatic hydroxyl groups excluding tert-OH is 1. The van der Waals surface area contributed by atoms with Gasteiger partial charge in [-0.1, -0.05) is 71.1 Å². The highest BCUT2D eigenvalue weighted by molar-refractivity contribution is 7.47. The van der Waals surface area contributed by atoms with E-state index in [2.05, 4.69) is 6.92 Å². The molecular weight excluding hydrogens is 421 g/mol. The number of unbranched alkanes of at least 4 members (excludes halogenated alkanes) is 10. The highest BCUT2D eigenvalue weighted by atomic mass is 31.2. The first-order valence-electron chi connectivity index (χ1n) is 11.8. The molecule has 0 aliphatic carbocycles. The van der Waals surface area contributed by atoms with Crippen molar-refractivity contribution < 1.29 is 37.6 Å². The summed E-state index contributed by atoms with van der Waals surface area (Å²) in [7, 11) is 1.47. The molecule has 1 unspecified atom stereocenters. The molecule has 0 aliphatic heterocycles. The third-order valence-electron chi connectivity index (χ3n) is 4.92. The largest absolute Gasteiger partial charge is 0.472 e. The molecule has 0 aliphatic rings. The lowest BCUT2D eigenvalue weighted by Gasteiger charge is -2.24. The zero-order valence-corrected chi connectivity index (χ0v) is 21.1. The second-order valence-corrected chi connectivity index (χ2v) is 10.6. The molecule has 0 heterocycles. The minimum Gasteiger partial charge on any atom is -0.463 e. The lowest BCUT2D eigenvalue weighted by molar-refractivity contribution is -0.870. The fraction of sp³-hybridized carbons (Fsp3) is 0.955. The van der Waals surface area contributed by atoms with Gasteiger partial charge in [0.25, 0.3) is 0 Å². The summed E-state index contributed by atoms with van der Waals surface area (Å²) in [5, 5.41) is 9.33. The number of phosphoric acid groups is 1. The van der Waals surface area contributed by atoms with Gasteiger partial charge in [0.15, 0.2) is 0 Å². The molecular formula is C22H47NO7P+. The molecule has 9 heteroatoms. The van der Waals surface area contributed by atoms with E-state index in [1.54, 1.807) is 0 Å². The van der Waals surface area contributed by atoms with Crippen LogP contribution in [0.3, 0.4) is 0 Å². The molecule has 0 bridgehead atoms. The van der Waals surface area contributed by atoms with Crippen molar-refractivity contribution in [1.29, 1.82) is 0 Å². The van der Waals surface area contributed by atoms with Gasteiger partial charge in [-0.25, -0.2) is 4.57 Å². The Labute approximate surface area is 189 Å². The topological polar surface area (TPSA) is 102 Å². The fourth-order valence-corrected chi connectivity index (χ4v) is 3.83. The van der Waals surface area contributed by atoms with Crippen LogP contribution in [0.5, 0.6) is 0 Å². The zero-order chi connectivity index (χ0) is 23.6. The SMILES string of the molecule is CCCCCCCCCCCCCC(=O)OC[C@H](CO)OP(=O)(O)OCC[N+](C)(C)C. The molecule has 0 amide bonds. The Hall–Kier alpha value is -0.500. The molecule has 31 heavy (non-hydrogen) atoms. The van der Waals surface area contributed by atoms with Gasteiger partial charge in [-0.15, -0.1) is 0 Å². The molecule has 0 aromatic heterocycles. The fourth-order valence-electron chi connectivity index (χ4n) is 2.96. The molecule has 0 spiro atoms. The van der Waals surface area contributed by atoms with Gasteiger partial charge in [0.05, 0.1) is 27.7 Å². The van der Waals surface area contributed by atoms with E-state index in [1.165, 1.54) is 51.4 Å². The monoisotopic (exact) mass is 468 g/mol. The van der Waals surface area contributed by atoms with E-state index in [9.17, 15) is 19.4 Å². The molecule has 0 saturated carbocycles. The number of likely N-dealkylation sites (N-methyl/N-ethyl adjacent to an activating group) is 1. The second-order valence-electron chi connectivity index (χ2n) is 9.19. The smallest absolute Gasteiger partial charge is 0.463 e. The van der Waals surface area contributed by atoms with Crippen LogP contribution in [-0.4, -0.2) is 74.1 Å². The third-order valence-corrected chi connectivity index (χ3v) is 5.99. The van der Waals surface area contributed by atoms with E-state index in [-0.39, 0.29) is 13.2 Å². The zero-order valence-electron chi connectivity index (χ0n) is 20.2. The van der Waals surface area contributed by atoms with Crippen molar-refractivity contribution in [2.75, 3.05) is 47.5 Å². The van der Waals surface area contributed by atoms with Crippen LogP contribution >= 0.6 is 7.82 Å². The van der Waals surface area contributed by atoms with Gasteiger partial charge >= 0.3 is 13.8 Å². The number of nitrogens with zero attached hydrogens (tertiary/aromatic N) is 1. The van der Waals surface area contributed by atoms with Crippen molar-refractivity contribution in [2.45, 2.75) is 90.1 Å². The molecule has 0 fully saturated rings. The van der Waals surface area contributed by atoms with Crippen molar-refractivity contribution in [1.82, 2.24) is 0 Å². The Morgan fingerprint density at radius 3 is 1.94 bits per heavy atom. The molecule has 2 atom stereocenters. The van der Waals surface area contributed by atoms with Crippen LogP contribution < -0.4 is 0 Å². The normalized spacial score (nSPS) is 14.9. The molecule has 0 aromatic rings. The van der Waals surface area contributed by atoms with E-state index < -0.39 is 26.5 Å². The highest BCUT2D eigenvalue weighted by Crippen LogP contribution is 2.44. The maximum Gasteiger partial charge on any atom is 0.472 e. The van der Waals surface area contributed by atoms with Gasteiger partial charge in [0, 0.05) is 6.42 Å². The minimum absolute atomic E-state index is 0.0358. The molecule has 0 aromatic carbocycles. The van der Waals surface area contributed by atoms with E-state index in [1.807, 2.05) is 21.1 Å². The average molecular weight is 469 g/mol. The summed E-state index contributed by atoms with van der Waals surface area (Å²) in [6, 6.07) is 0. The number of hydrogen-bond donors (Lipinski definition) is 2. The van der Waals surface area contributed by atoms with Crippen LogP contribution in [0.4, 0.5) is 0 Å². The first kappa shape index (κ1) is 30.5. The molecule has 0 saturated heterocycles. The van der Waals surface area contributed by atoms with Crippen molar-refractivity contribution in [3.63, 3.8) is 0 Å². The van der Waals surface area contributed by atoms with Gasteiger partial charge in [-0.05, 0) is 6.42 Å². The lowest BCUT2D eigenvalue weighted by Crippen LogP contribution is -2.37. The summed E-state index contributed by atoms with van der Waals surface area (Å²) in [5.41, 5.74) is 0. The summed E-state index contributed by atoms with van der Waals surface area (Å²) in [5.74, 6) is -0.392. The Morgan fingerprint density at radius 1 is 0.935 bits per heavy atom. The van der Waals surface area contributed by atoms with Crippen molar-refractivity contribution in [3.05, 3.63) is 0 Å². The number of rotatable bonds is 21. The van der Waals surface area contributed by atoms with Crippen LogP contribution in [0.1, 0.15) is 84.0 Å². The Morgan fingerprint density at radius 2 is 1.45 bits per heavy atom. The molecule has 2 N–H and O–H groups in total. The van der Waals surface area contributed by atoms with E-state index in [0.29, 0.717) is 17.4 Å². The first-order valence-corrected chi connectivity index (χ1v) is 13.3. The average Bonchev–Trinajstić information content (AvgIpc) is 2.68. The number of carbonyl (C=O) groups is 1. The summed E-state index contributed by atoms with van der Waals surface area (Å²) in [4.78, 5) is 21.6. The number of esters is 1. The van der Waals surface area contributed by atoms with E-state index >= 15 is 0 Å². The third kappa shape index (κ3) is 21.1. The Kier molecular flexibility index (Phi) is 17.7. The van der Waals surface area contributed by atoms with Crippen molar-refractivity contribution in [3.8, 4) is 0 Å². The van der Waals surface area contributed by atoms with Gasteiger partial charge in [-0.3, -0.25) is 13.8 Å². The molecule has 186 valence electrons. The van der Waals surface area contributed by atoms with Crippen LogP contribution in [0.25, 0.3) is 0 Å². The van der Waals surface area contributed by atoms with Crippen molar-refractivity contribution >= 4 is 13.8 Å².